The molecular formula is C11H11N3O2. The number of carbonyl (C=O) groups is 2. The highest BCUT2D eigenvalue weighted by atomic mass is 16.2. The van der Waals surface area contributed by atoms with E-state index in [4.69, 9.17) is 5.53 Å². The Morgan fingerprint density at radius 1 is 1.44 bits per heavy atom. The molecule has 0 aliphatic carbocycles. The first kappa shape index (κ1) is 11.9. The predicted molar refractivity (Wildman–Crippen MR) is 59.0 cm³/mol. The van der Waals surface area contributed by atoms with E-state index in [2.05, 4.69) is 10.0 Å². The maximum atomic E-state index is 11.3. The van der Waals surface area contributed by atoms with Gasteiger partial charge in [0.15, 0.2) is 5.78 Å². The van der Waals surface area contributed by atoms with Gasteiger partial charge in [-0.3, -0.25) is 9.59 Å². The van der Waals surface area contributed by atoms with Crippen LogP contribution < -0.4 is 0 Å². The molecule has 1 rings (SSSR count). The van der Waals surface area contributed by atoms with Crippen LogP contribution in [0.2, 0.25) is 0 Å². The van der Waals surface area contributed by atoms with Crippen LogP contribution in [-0.4, -0.2) is 11.7 Å². The van der Waals surface area contributed by atoms with E-state index in [9.17, 15) is 9.59 Å². The van der Waals surface area contributed by atoms with Crippen molar-refractivity contribution in [2.24, 2.45) is 5.11 Å². The van der Waals surface area contributed by atoms with Gasteiger partial charge in [-0.05, 0) is 29.2 Å². The average Bonchev–Trinajstić information content (AvgIpc) is 2.28. The molecule has 1 atom stereocenters. The number of benzene rings is 1. The molecule has 0 N–H and O–H groups in total. The molecule has 1 amide bonds. The monoisotopic (exact) mass is 217 g/mol. The van der Waals surface area contributed by atoms with E-state index >= 15 is 0 Å². The molecule has 0 radical (unpaired) electrons. The fourth-order valence-electron chi connectivity index (χ4n) is 1.30. The number of hydrogen-bond donors (Lipinski definition) is 0. The van der Waals surface area contributed by atoms with E-state index < -0.39 is 11.8 Å². The number of Topliss-reactive ketones (excluding diaryl/α,β-unsaturated/α-hetero) is 1. The van der Waals surface area contributed by atoms with Gasteiger partial charge in [-0.2, -0.15) is 0 Å². The molecule has 16 heavy (non-hydrogen) atoms. The second-order valence-corrected chi connectivity index (χ2v) is 3.43. The van der Waals surface area contributed by atoms with Gasteiger partial charge in [0.05, 0.1) is 0 Å². The van der Waals surface area contributed by atoms with Crippen molar-refractivity contribution in [3.05, 3.63) is 45.8 Å². The standard InChI is InChI=1S/C11H11N3O2/c1-7(11(16)13-14-12)9-4-3-5-10(6-9)8(2)15/h3-7H,1-2H3. The summed E-state index contributed by atoms with van der Waals surface area (Å²) in [5.74, 6) is -1.15. The minimum Gasteiger partial charge on any atom is -0.295 e. The second-order valence-electron chi connectivity index (χ2n) is 3.43. The van der Waals surface area contributed by atoms with Gasteiger partial charge in [0, 0.05) is 16.4 Å². The Hall–Kier alpha value is -2.13. The van der Waals surface area contributed by atoms with Crippen molar-refractivity contribution in [3.63, 3.8) is 0 Å². The van der Waals surface area contributed by atoms with Crippen molar-refractivity contribution in [1.29, 1.82) is 0 Å². The number of ketones is 1. The van der Waals surface area contributed by atoms with Gasteiger partial charge in [-0.25, -0.2) is 0 Å². The van der Waals surface area contributed by atoms with Gasteiger partial charge in [-0.15, -0.1) is 0 Å². The molecule has 0 bridgehead atoms. The van der Waals surface area contributed by atoms with Gasteiger partial charge in [0.2, 0.25) is 5.91 Å². The van der Waals surface area contributed by atoms with E-state index in [0.717, 1.165) is 0 Å². The number of azide groups is 1. The molecule has 1 unspecified atom stereocenters. The smallest absolute Gasteiger partial charge is 0.226 e. The number of amides is 1. The minimum absolute atomic E-state index is 0.0646. The second kappa shape index (κ2) is 5.09. The zero-order valence-corrected chi connectivity index (χ0v) is 9.04. The van der Waals surface area contributed by atoms with Gasteiger partial charge in [0.25, 0.3) is 0 Å². The Kier molecular flexibility index (Phi) is 3.80. The lowest BCUT2D eigenvalue weighted by Gasteiger charge is -2.08. The van der Waals surface area contributed by atoms with Crippen LogP contribution in [0, 0.1) is 0 Å². The lowest BCUT2D eigenvalue weighted by atomic mass is 9.97. The highest BCUT2D eigenvalue weighted by Gasteiger charge is 2.14. The van der Waals surface area contributed by atoms with E-state index in [0.29, 0.717) is 11.1 Å². The fourth-order valence-corrected chi connectivity index (χ4v) is 1.30. The fraction of sp³-hybridized carbons (Fsp3) is 0.273. The molecule has 0 heterocycles. The highest BCUT2D eigenvalue weighted by Crippen LogP contribution is 2.18. The third kappa shape index (κ3) is 2.68. The lowest BCUT2D eigenvalue weighted by molar-refractivity contribution is -0.119. The summed E-state index contributed by atoms with van der Waals surface area (Å²) in [4.78, 5) is 24.9. The molecule has 0 saturated carbocycles. The van der Waals surface area contributed by atoms with Crippen LogP contribution in [0.15, 0.2) is 29.4 Å². The topological polar surface area (TPSA) is 82.9 Å². The average molecular weight is 217 g/mol. The Bertz CT molecular complexity index is 476. The molecule has 0 aromatic heterocycles. The summed E-state index contributed by atoms with van der Waals surface area (Å²) in [6.45, 7) is 3.09. The Morgan fingerprint density at radius 2 is 2.12 bits per heavy atom. The summed E-state index contributed by atoms with van der Waals surface area (Å²) in [5.41, 5.74) is 9.37. The quantitative estimate of drug-likeness (QED) is 0.337. The molecule has 1 aromatic carbocycles. The summed E-state index contributed by atoms with van der Waals surface area (Å²) >= 11 is 0. The highest BCUT2D eigenvalue weighted by molar-refractivity contribution is 5.94. The summed E-state index contributed by atoms with van der Waals surface area (Å²) in [7, 11) is 0. The Balaban J connectivity index is 3.04. The molecular weight excluding hydrogens is 206 g/mol. The van der Waals surface area contributed by atoms with Crippen LogP contribution in [-0.2, 0) is 4.79 Å². The summed E-state index contributed by atoms with van der Waals surface area (Å²) in [6, 6.07) is 6.74. The van der Waals surface area contributed by atoms with Crippen LogP contribution in [0.5, 0.6) is 0 Å². The van der Waals surface area contributed by atoms with Gasteiger partial charge >= 0.3 is 0 Å². The SMILES string of the molecule is CC(=O)c1cccc(C(C)C(=O)N=[N+]=[N-])c1. The first-order valence-electron chi connectivity index (χ1n) is 4.76. The zero-order chi connectivity index (χ0) is 12.1. The van der Waals surface area contributed by atoms with Crippen molar-refractivity contribution >= 4 is 11.7 Å². The number of rotatable bonds is 3. The summed E-state index contributed by atoms with van der Waals surface area (Å²) in [5, 5.41) is 3.03. The largest absolute Gasteiger partial charge is 0.295 e. The first-order valence-corrected chi connectivity index (χ1v) is 4.76. The number of hydrogen-bond acceptors (Lipinski definition) is 2. The predicted octanol–water partition coefficient (Wildman–Crippen LogP) is 2.83. The van der Waals surface area contributed by atoms with E-state index in [1.165, 1.54) is 6.92 Å². The third-order valence-electron chi connectivity index (χ3n) is 2.31. The van der Waals surface area contributed by atoms with Crippen LogP contribution in [0.4, 0.5) is 0 Å². The van der Waals surface area contributed by atoms with Gasteiger partial charge in [0.1, 0.15) is 0 Å². The van der Waals surface area contributed by atoms with E-state index in [-0.39, 0.29) is 5.78 Å². The normalized spacial score (nSPS) is 11.4. The van der Waals surface area contributed by atoms with Crippen molar-refractivity contribution in [2.45, 2.75) is 19.8 Å². The molecule has 0 aliphatic rings. The van der Waals surface area contributed by atoms with Crippen LogP contribution in [0.3, 0.4) is 0 Å². The van der Waals surface area contributed by atoms with E-state index in [1.807, 2.05) is 0 Å². The molecule has 0 aliphatic heterocycles. The maximum Gasteiger partial charge on any atom is 0.226 e. The Morgan fingerprint density at radius 3 is 2.69 bits per heavy atom. The summed E-state index contributed by atoms with van der Waals surface area (Å²) < 4.78 is 0. The molecule has 0 saturated heterocycles. The van der Waals surface area contributed by atoms with Crippen LogP contribution in [0.1, 0.15) is 35.7 Å². The van der Waals surface area contributed by atoms with Crippen LogP contribution >= 0.6 is 0 Å². The lowest BCUT2D eigenvalue weighted by Crippen LogP contribution is -2.06. The zero-order valence-electron chi connectivity index (χ0n) is 9.04. The van der Waals surface area contributed by atoms with Crippen molar-refractivity contribution in [3.8, 4) is 0 Å². The molecule has 5 heteroatoms. The van der Waals surface area contributed by atoms with Crippen molar-refractivity contribution < 1.29 is 9.59 Å². The van der Waals surface area contributed by atoms with Crippen molar-refractivity contribution in [1.82, 2.24) is 0 Å². The first-order chi connectivity index (χ1) is 7.56. The maximum absolute atomic E-state index is 11.3. The molecule has 1 aromatic rings. The Labute approximate surface area is 92.7 Å². The van der Waals surface area contributed by atoms with E-state index in [1.54, 1.807) is 31.2 Å². The molecule has 0 spiro atoms. The molecule has 82 valence electrons. The van der Waals surface area contributed by atoms with Gasteiger partial charge < -0.3 is 0 Å². The van der Waals surface area contributed by atoms with Crippen LogP contribution in [0.25, 0.3) is 10.4 Å². The van der Waals surface area contributed by atoms with Gasteiger partial charge in [-0.1, -0.05) is 25.1 Å². The third-order valence-corrected chi connectivity index (χ3v) is 2.31. The minimum atomic E-state index is -0.553. The molecule has 0 fully saturated rings. The summed E-state index contributed by atoms with van der Waals surface area (Å²) in [6.07, 6.45) is 0. The number of carbonyl (C=O) groups excluding carboxylic acids is 2. The van der Waals surface area contributed by atoms with Crippen molar-refractivity contribution in [2.75, 3.05) is 0 Å². The number of nitrogens with zero attached hydrogens (tertiary/aromatic N) is 3. The molecule has 5 nitrogen and oxygen atoms in total.